The normalized spacial score (nSPS) is 12.4. The van der Waals surface area contributed by atoms with Gasteiger partial charge in [-0.1, -0.05) is 47.6 Å². The molecular formula is C30H40F6LiO4P. The number of carbonyl (C=O) groups is 1. The number of halogens is 6. The summed E-state index contributed by atoms with van der Waals surface area (Å²) >= 11 is 0. The van der Waals surface area contributed by atoms with Crippen LogP contribution in [0.5, 0.6) is 17.2 Å². The Labute approximate surface area is 259 Å². The van der Waals surface area contributed by atoms with E-state index in [9.17, 15) is 31.1 Å². The molecule has 0 spiro atoms. The molecule has 42 heavy (non-hydrogen) atoms. The Bertz CT molecular complexity index is 1090. The predicted octanol–water partition coefficient (Wildman–Crippen LogP) is 6.26. The van der Waals surface area contributed by atoms with Crippen LogP contribution in [0.1, 0.15) is 83.7 Å². The minimum atomic E-state index is -5.17. The number of alkyl halides is 6. The molecule has 2 aromatic rings. The van der Waals surface area contributed by atoms with Crippen molar-refractivity contribution in [3.8, 4) is 17.2 Å². The zero-order valence-corrected chi connectivity index (χ0v) is 26.3. The predicted molar refractivity (Wildman–Crippen MR) is 151 cm³/mol. The standard InChI is InChI=1S/C30H39F6O4P.Li.H/c1-18(2)10-13-38-21-16-24(39-14-11-19(3)4)27(25(17-21)40-15-12-20(5)6)41-28(37)26-22(29(31,32)33)8-7-9-23(26)30(34,35)36;;/h7-9,16-20,41H,10-15H2,1-6H3;;/q;+1;-1. The van der Waals surface area contributed by atoms with Crippen molar-refractivity contribution in [3.63, 3.8) is 0 Å². The topological polar surface area (TPSA) is 44.8 Å². The Kier molecular flexibility index (Phi) is 15.3. The molecule has 0 amide bonds. The van der Waals surface area contributed by atoms with E-state index in [1.54, 1.807) is 0 Å². The largest absolute Gasteiger partial charge is 1.00 e. The Hall–Kier alpha value is -1.88. The average molecular weight is 617 g/mol. The fraction of sp³-hybridized carbons (Fsp3) is 0.567. The van der Waals surface area contributed by atoms with Crippen molar-refractivity contribution in [2.45, 2.75) is 73.2 Å². The summed E-state index contributed by atoms with van der Waals surface area (Å²) in [6.45, 7) is 12.8. The average Bonchev–Trinajstić information content (AvgIpc) is 2.83. The summed E-state index contributed by atoms with van der Waals surface area (Å²) in [5, 5.41) is 0.101. The number of rotatable bonds is 15. The molecule has 1 unspecified atom stereocenters. The SMILES string of the molecule is CC(C)CCOc1cc(OCCC(C)C)c(PC(=O)c2c(C(F)(F)F)cccc2C(F)(F)F)c(OCCC(C)C)c1.[H-].[Li+]. The van der Waals surface area contributed by atoms with E-state index < -0.39 is 43.1 Å². The fourth-order valence-corrected chi connectivity index (χ4v) is 4.82. The summed E-state index contributed by atoms with van der Waals surface area (Å²) in [5.74, 6) is 1.55. The van der Waals surface area contributed by atoms with Gasteiger partial charge in [0, 0.05) is 17.7 Å². The van der Waals surface area contributed by atoms with E-state index in [1.807, 2.05) is 41.5 Å². The van der Waals surface area contributed by atoms with Crippen LogP contribution >= 0.6 is 8.58 Å². The summed E-state index contributed by atoms with van der Waals surface area (Å²) in [5.41, 5.74) is -6.00. The second-order valence-electron chi connectivity index (χ2n) is 11.1. The van der Waals surface area contributed by atoms with Gasteiger partial charge in [-0.25, -0.2) is 0 Å². The first kappa shape index (κ1) is 38.1. The number of carbonyl (C=O) groups excluding carboxylic acids is 1. The molecule has 2 rings (SSSR count). The van der Waals surface area contributed by atoms with Crippen LogP contribution in [0.2, 0.25) is 0 Å². The molecule has 12 heteroatoms. The van der Waals surface area contributed by atoms with Crippen LogP contribution in [-0.2, 0) is 12.4 Å². The number of ether oxygens (including phenoxy) is 3. The first-order chi connectivity index (χ1) is 19.0. The Morgan fingerprint density at radius 1 is 0.738 bits per heavy atom. The van der Waals surface area contributed by atoms with E-state index in [0.29, 0.717) is 49.3 Å². The molecule has 2 aromatic carbocycles. The van der Waals surface area contributed by atoms with E-state index in [2.05, 4.69) is 0 Å². The fourth-order valence-electron chi connectivity index (χ4n) is 3.67. The van der Waals surface area contributed by atoms with Crippen LogP contribution in [-0.4, -0.2) is 25.3 Å². The number of hydrogen-bond acceptors (Lipinski definition) is 4. The van der Waals surface area contributed by atoms with Crippen molar-refractivity contribution in [1.29, 1.82) is 0 Å². The molecule has 1 atom stereocenters. The van der Waals surface area contributed by atoms with E-state index >= 15 is 0 Å². The van der Waals surface area contributed by atoms with Gasteiger partial charge in [-0.15, -0.1) is 0 Å². The molecule has 0 heterocycles. The quantitative estimate of drug-likeness (QED) is 0.135. The van der Waals surface area contributed by atoms with Gasteiger partial charge in [0.25, 0.3) is 0 Å². The molecule has 0 fully saturated rings. The Morgan fingerprint density at radius 2 is 1.12 bits per heavy atom. The summed E-state index contributed by atoms with van der Waals surface area (Å²) in [7, 11) is -1.13. The maximum Gasteiger partial charge on any atom is 1.00 e. The maximum atomic E-state index is 13.8. The van der Waals surface area contributed by atoms with E-state index in [0.717, 1.165) is 6.42 Å². The number of benzene rings is 2. The van der Waals surface area contributed by atoms with Crippen molar-refractivity contribution in [1.82, 2.24) is 0 Å². The molecule has 0 bridgehead atoms. The van der Waals surface area contributed by atoms with Gasteiger partial charge in [-0.05, 0) is 57.7 Å². The van der Waals surface area contributed by atoms with Crippen molar-refractivity contribution < 1.29 is 65.6 Å². The molecule has 0 aliphatic rings. The Morgan fingerprint density at radius 3 is 1.48 bits per heavy atom. The smallest absolute Gasteiger partial charge is 1.00 e. The summed E-state index contributed by atoms with van der Waals surface area (Å²) < 4.78 is 101. The monoisotopic (exact) mass is 616 g/mol. The van der Waals surface area contributed by atoms with Crippen molar-refractivity contribution in [2.75, 3.05) is 19.8 Å². The summed E-state index contributed by atoms with van der Waals surface area (Å²) in [6.07, 6.45) is -8.32. The zero-order valence-electron chi connectivity index (χ0n) is 26.3. The number of hydrogen-bond donors (Lipinski definition) is 0. The molecular weight excluding hydrogens is 576 g/mol. The second-order valence-corrected chi connectivity index (χ2v) is 12.3. The van der Waals surface area contributed by atoms with Gasteiger partial charge in [-0.3, -0.25) is 4.79 Å². The van der Waals surface area contributed by atoms with Crippen molar-refractivity contribution in [3.05, 3.63) is 47.0 Å². The van der Waals surface area contributed by atoms with Gasteiger partial charge in [-0.2, -0.15) is 26.3 Å². The molecule has 232 valence electrons. The molecule has 0 aliphatic carbocycles. The first-order valence-corrected chi connectivity index (χ1v) is 14.7. The van der Waals surface area contributed by atoms with Gasteiger partial charge in [0.15, 0.2) is 5.52 Å². The third-order valence-electron chi connectivity index (χ3n) is 6.05. The zero-order chi connectivity index (χ0) is 31.0. The van der Waals surface area contributed by atoms with Gasteiger partial charge in [0.05, 0.1) is 36.3 Å². The molecule has 0 aromatic heterocycles. The summed E-state index contributed by atoms with van der Waals surface area (Å²) in [4.78, 5) is 13.4. The minimum Gasteiger partial charge on any atom is -1.00 e. The van der Waals surface area contributed by atoms with Crippen LogP contribution in [0.15, 0.2) is 30.3 Å². The molecule has 0 saturated heterocycles. The van der Waals surface area contributed by atoms with Gasteiger partial charge < -0.3 is 15.6 Å². The summed E-state index contributed by atoms with van der Waals surface area (Å²) in [6, 6.07) is 4.66. The van der Waals surface area contributed by atoms with E-state index in [1.165, 1.54) is 12.1 Å². The minimum absolute atomic E-state index is 0. The molecule has 4 nitrogen and oxygen atoms in total. The van der Waals surface area contributed by atoms with Crippen LogP contribution in [0.25, 0.3) is 0 Å². The molecule has 0 aliphatic heterocycles. The van der Waals surface area contributed by atoms with Gasteiger partial charge in [0.1, 0.15) is 17.2 Å². The molecule has 0 N–H and O–H groups in total. The van der Waals surface area contributed by atoms with E-state index in [-0.39, 0.29) is 62.1 Å². The van der Waals surface area contributed by atoms with Gasteiger partial charge in [0.2, 0.25) is 0 Å². The van der Waals surface area contributed by atoms with E-state index in [4.69, 9.17) is 14.2 Å². The Balaban J connectivity index is 0.00000882. The molecule has 0 radical (unpaired) electrons. The van der Waals surface area contributed by atoms with Crippen molar-refractivity contribution >= 4 is 19.4 Å². The van der Waals surface area contributed by atoms with Crippen LogP contribution in [0, 0.1) is 17.8 Å². The van der Waals surface area contributed by atoms with Crippen molar-refractivity contribution in [2.24, 2.45) is 17.8 Å². The first-order valence-electron chi connectivity index (χ1n) is 13.7. The second kappa shape index (κ2) is 16.8. The van der Waals surface area contributed by atoms with Crippen LogP contribution < -0.4 is 38.4 Å². The molecule has 0 saturated carbocycles. The maximum absolute atomic E-state index is 13.8. The third kappa shape index (κ3) is 12.0. The van der Waals surface area contributed by atoms with Gasteiger partial charge >= 0.3 is 31.2 Å². The van der Waals surface area contributed by atoms with Crippen LogP contribution in [0.4, 0.5) is 26.3 Å². The third-order valence-corrected chi connectivity index (χ3v) is 7.27. The van der Waals surface area contributed by atoms with Crippen LogP contribution in [0.3, 0.4) is 0 Å².